The minimum Gasteiger partial charge on any atom is -0.382 e. The first-order valence-electron chi connectivity index (χ1n) is 7.83. The molecule has 0 saturated heterocycles. The number of ether oxygens (including phenoxy) is 2. The summed E-state index contributed by atoms with van der Waals surface area (Å²) in [6.45, 7) is 5.11. The minimum absolute atomic E-state index is 0.181. The number of halogens is 1. The molecule has 0 radical (unpaired) electrons. The number of unbranched alkanes of at least 4 members (excludes halogenated alkanes) is 1. The monoisotopic (exact) mass is 297 g/mol. The highest BCUT2D eigenvalue weighted by molar-refractivity contribution is 5.19. The second-order valence-electron chi connectivity index (χ2n) is 5.16. The molecule has 0 amide bonds. The van der Waals surface area contributed by atoms with Gasteiger partial charge in [-0.15, -0.1) is 0 Å². The molecule has 21 heavy (non-hydrogen) atoms. The van der Waals surface area contributed by atoms with E-state index in [2.05, 4.69) is 12.2 Å². The van der Waals surface area contributed by atoms with Gasteiger partial charge in [0.25, 0.3) is 0 Å². The third kappa shape index (κ3) is 8.15. The summed E-state index contributed by atoms with van der Waals surface area (Å²) in [5, 5.41) is 3.55. The summed E-state index contributed by atoms with van der Waals surface area (Å²) in [6.07, 6.45) is 4.37. The highest BCUT2D eigenvalue weighted by Crippen LogP contribution is 2.19. The maximum Gasteiger partial charge on any atom is 0.123 e. The zero-order chi connectivity index (χ0) is 15.3. The van der Waals surface area contributed by atoms with Crippen molar-refractivity contribution >= 4 is 0 Å². The van der Waals surface area contributed by atoms with Crippen molar-refractivity contribution in [3.63, 3.8) is 0 Å². The second-order valence-corrected chi connectivity index (χ2v) is 5.16. The predicted octanol–water partition coefficient (Wildman–Crippen LogP) is 3.70. The molecule has 1 N–H and O–H groups in total. The third-order valence-corrected chi connectivity index (χ3v) is 3.41. The summed E-state index contributed by atoms with van der Waals surface area (Å²) < 4.78 is 23.4. The molecular weight excluding hydrogens is 269 g/mol. The van der Waals surface area contributed by atoms with Gasteiger partial charge in [0.15, 0.2) is 0 Å². The predicted molar refractivity (Wildman–Crippen MR) is 84.0 cm³/mol. The van der Waals surface area contributed by atoms with Gasteiger partial charge in [0.05, 0.1) is 13.2 Å². The van der Waals surface area contributed by atoms with Gasteiger partial charge in [0.2, 0.25) is 0 Å². The van der Waals surface area contributed by atoms with Crippen LogP contribution in [-0.2, 0) is 9.47 Å². The molecule has 1 unspecified atom stereocenters. The highest BCUT2D eigenvalue weighted by Gasteiger charge is 2.10. The van der Waals surface area contributed by atoms with E-state index < -0.39 is 0 Å². The minimum atomic E-state index is -0.181. The van der Waals surface area contributed by atoms with E-state index in [-0.39, 0.29) is 5.82 Å². The Bertz CT molecular complexity index is 356. The zero-order valence-electron chi connectivity index (χ0n) is 13.2. The summed E-state index contributed by atoms with van der Waals surface area (Å²) in [5.74, 6) is -0.181. The van der Waals surface area contributed by atoms with Crippen LogP contribution in [0.1, 0.15) is 44.2 Å². The maximum atomic E-state index is 13.0. The molecule has 0 aliphatic heterocycles. The lowest BCUT2D eigenvalue weighted by molar-refractivity contribution is 0.0692. The number of methoxy groups -OCH3 is 1. The number of hydrogen-bond donors (Lipinski definition) is 1. The first kappa shape index (κ1) is 18.1. The molecule has 4 heteroatoms. The Labute approximate surface area is 127 Å². The Morgan fingerprint density at radius 1 is 1.10 bits per heavy atom. The van der Waals surface area contributed by atoms with Crippen molar-refractivity contribution in [2.45, 2.75) is 38.6 Å². The van der Waals surface area contributed by atoms with E-state index >= 15 is 0 Å². The molecule has 0 aliphatic carbocycles. The van der Waals surface area contributed by atoms with Crippen LogP contribution in [0.25, 0.3) is 0 Å². The van der Waals surface area contributed by atoms with Gasteiger partial charge < -0.3 is 14.8 Å². The molecule has 1 atom stereocenters. The fraction of sp³-hybridized carbons (Fsp3) is 0.647. The van der Waals surface area contributed by atoms with Gasteiger partial charge in [0.1, 0.15) is 5.82 Å². The first-order valence-corrected chi connectivity index (χ1v) is 7.83. The van der Waals surface area contributed by atoms with E-state index in [1.165, 1.54) is 25.0 Å². The van der Waals surface area contributed by atoms with Crippen LogP contribution in [0.15, 0.2) is 24.3 Å². The van der Waals surface area contributed by atoms with Gasteiger partial charge in [-0.1, -0.05) is 31.9 Å². The molecule has 3 nitrogen and oxygen atoms in total. The van der Waals surface area contributed by atoms with E-state index in [4.69, 9.17) is 9.47 Å². The smallest absolute Gasteiger partial charge is 0.123 e. The maximum absolute atomic E-state index is 13.0. The van der Waals surface area contributed by atoms with Gasteiger partial charge in [0, 0.05) is 19.8 Å². The molecular formula is C17H28FNO2. The van der Waals surface area contributed by atoms with E-state index in [0.717, 1.165) is 31.6 Å². The molecule has 0 aromatic heterocycles. The molecule has 120 valence electrons. The van der Waals surface area contributed by atoms with E-state index in [1.807, 2.05) is 12.1 Å². The standard InChI is InChI=1S/C17H28FNO2/c1-3-4-6-17(15-7-9-16(18)10-8-15)19-11-5-12-21-14-13-20-2/h7-10,17,19H,3-6,11-14H2,1-2H3. The lowest BCUT2D eigenvalue weighted by atomic mass is 10.0. The summed E-state index contributed by atoms with van der Waals surface area (Å²) in [5.41, 5.74) is 1.16. The van der Waals surface area contributed by atoms with Crippen molar-refractivity contribution in [3.05, 3.63) is 35.6 Å². The van der Waals surface area contributed by atoms with Gasteiger partial charge in [-0.2, -0.15) is 0 Å². The van der Waals surface area contributed by atoms with E-state index in [1.54, 1.807) is 7.11 Å². The molecule has 0 saturated carbocycles. The largest absolute Gasteiger partial charge is 0.382 e. The number of hydrogen-bond acceptors (Lipinski definition) is 3. The Morgan fingerprint density at radius 2 is 1.86 bits per heavy atom. The third-order valence-electron chi connectivity index (χ3n) is 3.41. The van der Waals surface area contributed by atoms with Crippen LogP contribution in [0.4, 0.5) is 4.39 Å². The van der Waals surface area contributed by atoms with Crippen LogP contribution in [0.3, 0.4) is 0 Å². The lowest BCUT2D eigenvalue weighted by Crippen LogP contribution is -2.23. The van der Waals surface area contributed by atoms with Crippen LogP contribution in [0, 0.1) is 5.82 Å². The quantitative estimate of drug-likeness (QED) is 0.597. The summed E-state index contributed by atoms with van der Waals surface area (Å²) in [4.78, 5) is 0. The Balaban J connectivity index is 2.31. The molecule has 0 fully saturated rings. The molecule has 0 bridgehead atoms. The second kappa shape index (κ2) is 11.7. The topological polar surface area (TPSA) is 30.5 Å². The van der Waals surface area contributed by atoms with Crippen LogP contribution < -0.4 is 5.32 Å². The van der Waals surface area contributed by atoms with Crippen molar-refractivity contribution in [1.29, 1.82) is 0 Å². The van der Waals surface area contributed by atoms with Crippen molar-refractivity contribution in [1.82, 2.24) is 5.32 Å². The molecule has 1 rings (SSSR count). The van der Waals surface area contributed by atoms with E-state index in [0.29, 0.717) is 19.3 Å². The van der Waals surface area contributed by atoms with Crippen molar-refractivity contribution < 1.29 is 13.9 Å². The average molecular weight is 297 g/mol. The van der Waals surface area contributed by atoms with Crippen LogP contribution in [-0.4, -0.2) is 33.5 Å². The molecule has 1 aromatic rings. The molecule has 0 spiro atoms. The fourth-order valence-electron chi connectivity index (χ4n) is 2.18. The van der Waals surface area contributed by atoms with Crippen LogP contribution in [0.2, 0.25) is 0 Å². The fourth-order valence-corrected chi connectivity index (χ4v) is 2.18. The number of benzene rings is 1. The van der Waals surface area contributed by atoms with Crippen LogP contribution in [0.5, 0.6) is 0 Å². The number of rotatable bonds is 12. The van der Waals surface area contributed by atoms with Gasteiger partial charge in [-0.05, 0) is 37.1 Å². The summed E-state index contributed by atoms with van der Waals surface area (Å²) in [7, 11) is 1.67. The zero-order valence-corrected chi connectivity index (χ0v) is 13.2. The van der Waals surface area contributed by atoms with Crippen molar-refractivity contribution in [2.75, 3.05) is 33.5 Å². The van der Waals surface area contributed by atoms with Crippen molar-refractivity contribution in [2.24, 2.45) is 0 Å². The van der Waals surface area contributed by atoms with Crippen LogP contribution >= 0.6 is 0 Å². The summed E-state index contributed by atoms with van der Waals surface area (Å²) >= 11 is 0. The Kier molecular flexibility index (Phi) is 10.0. The van der Waals surface area contributed by atoms with Gasteiger partial charge in [-0.3, -0.25) is 0 Å². The van der Waals surface area contributed by atoms with Gasteiger partial charge in [-0.25, -0.2) is 4.39 Å². The number of nitrogens with one attached hydrogen (secondary N) is 1. The normalized spacial score (nSPS) is 12.5. The highest BCUT2D eigenvalue weighted by atomic mass is 19.1. The van der Waals surface area contributed by atoms with E-state index in [9.17, 15) is 4.39 Å². The SMILES string of the molecule is CCCCC(NCCCOCCOC)c1ccc(F)cc1. The lowest BCUT2D eigenvalue weighted by Gasteiger charge is -2.19. The Morgan fingerprint density at radius 3 is 2.52 bits per heavy atom. The first-order chi connectivity index (χ1) is 10.3. The van der Waals surface area contributed by atoms with Gasteiger partial charge >= 0.3 is 0 Å². The molecule has 0 aliphatic rings. The summed E-state index contributed by atoms with van der Waals surface area (Å²) in [6, 6.07) is 7.10. The van der Waals surface area contributed by atoms with Crippen molar-refractivity contribution in [3.8, 4) is 0 Å². The molecule has 1 aromatic carbocycles. The average Bonchev–Trinajstić information content (AvgIpc) is 2.50. The molecule has 0 heterocycles. The Hall–Kier alpha value is -0.970.